The Balaban J connectivity index is 2.16. The Kier molecular flexibility index (Phi) is 4.21. The van der Waals surface area contributed by atoms with Gasteiger partial charge in [0.2, 0.25) is 0 Å². The van der Waals surface area contributed by atoms with Gasteiger partial charge in [0.05, 0.1) is 19.3 Å². The van der Waals surface area contributed by atoms with E-state index in [0.717, 1.165) is 30.7 Å². The summed E-state index contributed by atoms with van der Waals surface area (Å²) in [6.45, 7) is 3.23. The van der Waals surface area contributed by atoms with Gasteiger partial charge in [0.25, 0.3) is 0 Å². The van der Waals surface area contributed by atoms with Gasteiger partial charge in [-0.05, 0) is 31.2 Å². The second-order valence-electron chi connectivity index (χ2n) is 3.98. The summed E-state index contributed by atoms with van der Waals surface area (Å²) in [6.07, 6.45) is 0.979. The molecule has 16 heavy (non-hydrogen) atoms. The molecule has 0 aliphatic carbocycles. The average Bonchev–Trinajstić information content (AvgIpc) is 2.30. The number of halogens is 1. The van der Waals surface area contributed by atoms with Gasteiger partial charge in [-0.1, -0.05) is 22.0 Å². The van der Waals surface area contributed by atoms with E-state index in [1.54, 1.807) is 0 Å². The average molecular weight is 285 g/mol. The van der Waals surface area contributed by atoms with E-state index in [4.69, 9.17) is 10.5 Å². The predicted octanol–water partition coefficient (Wildman–Crippen LogP) is 2.00. The second-order valence-corrected chi connectivity index (χ2v) is 4.90. The summed E-state index contributed by atoms with van der Waals surface area (Å²) >= 11 is 3.51. The minimum Gasteiger partial charge on any atom is -0.377 e. The molecular weight excluding hydrogens is 268 g/mol. The van der Waals surface area contributed by atoms with Gasteiger partial charge >= 0.3 is 0 Å². The van der Waals surface area contributed by atoms with Crippen LogP contribution >= 0.6 is 15.9 Å². The smallest absolute Gasteiger partial charge is 0.0671 e. The van der Waals surface area contributed by atoms with Crippen LogP contribution in [0.25, 0.3) is 0 Å². The van der Waals surface area contributed by atoms with Crippen molar-refractivity contribution in [3.05, 3.63) is 28.7 Å². The summed E-state index contributed by atoms with van der Waals surface area (Å²) in [5.74, 6) is 0. The molecule has 0 amide bonds. The normalized spacial score (nSPS) is 21.1. The van der Waals surface area contributed by atoms with Crippen molar-refractivity contribution in [3.8, 4) is 0 Å². The summed E-state index contributed by atoms with van der Waals surface area (Å²) in [5.41, 5.74) is 6.88. The Morgan fingerprint density at radius 1 is 1.50 bits per heavy atom. The molecule has 2 N–H and O–H groups in total. The van der Waals surface area contributed by atoms with Crippen molar-refractivity contribution >= 4 is 21.6 Å². The number of benzene rings is 1. The lowest BCUT2D eigenvalue weighted by Gasteiger charge is -2.37. The Morgan fingerprint density at radius 2 is 2.38 bits per heavy atom. The summed E-state index contributed by atoms with van der Waals surface area (Å²) in [4.78, 5) is 2.39. The number of ether oxygens (including phenoxy) is 1. The Labute approximate surface area is 105 Å². The third kappa shape index (κ3) is 2.75. The van der Waals surface area contributed by atoms with E-state index < -0.39 is 0 Å². The zero-order chi connectivity index (χ0) is 11.4. The number of hydrogen-bond acceptors (Lipinski definition) is 3. The maximum Gasteiger partial charge on any atom is 0.0671 e. The monoisotopic (exact) mass is 284 g/mol. The zero-order valence-electron chi connectivity index (χ0n) is 9.23. The van der Waals surface area contributed by atoms with Gasteiger partial charge in [-0.15, -0.1) is 0 Å². The van der Waals surface area contributed by atoms with Crippen molar-refractivity contribution in [2.75, 3.05) is 31.2 Å². The van der Waals surface area contributed by atoms with Crippen LogP contribution in [0.2, 0.25) is 0 Å². The summed E-state index contributed by atoms with van der Waals surface area (Å²) in [6, 6.07) is 8.80. The Hall–Kier alpha value is -0.580. The fourth-order valence-electron chi connectivity index (χ4n) is 2.08. The summed E-state index contributed by atoms with van der Waals surface area (Å²) in [7, 11) is 0. The third-order valence-corrected chi connectivity index (χ3v) is 3.36. The number of nitrogens with zero attached hydrogens (tertiary/aromatic N) is 1. The van der Waals surface area contributed by atoms with E-state index >= 15 is 0 Å². The van der Waals surface area contributed by atoms with Gasteiger partial charge in [-0.3, -0.25) is 0 Å². The lowest BCUT2D eigenvalue weighted by atomic mass is 10.1. The van der Waals surface area contributed by atoms with Gasteiger partial charge in [0, 0.05) is 16.7 Å². The van der Waals surface area contributed by atoms with Crippen LogP contribution in [0.1, 0.15) is 6.42 Å². The molecule has 1 unspecified atom stereocenters. The molecule has 4 heteroatoms. The van der Waals surface area contributed by atoms with Crippen LogP contribution in [-0.2, 0) is 4.74 Å². The van der Waals surface area contributed by atoms with Crippen LogP contribution in [-0.4, -0.2) is 32.3 Å². The first-order valence-corrected chi connectivity index (χ1v) is 6.40. The van der Waals surface area contributed by atoms with Crippen LogP contribution < -0.4 is 10.6 Å². The summed E-state index contributed by atoms with van der Waals surface area (Å²) < 4.78 is 6.62. The van der Waals surface area contributed by atoms with E-state index in [-0.39, 0.29) is 0 Å². The van der Waals surface area contributed by atoms with Gasteiger partial charge in [0.15, 0.2) is 0 Å². The van der Waals surface area contributed by atoms with Crippen molar-refractivity contribution in [1.29, 1.82) is 0 Å². The molecule has 1 aliphatic heterocycles. The Morgan fingerprint density at radius 3 is 3.12 bits per heavy atom. The van der Waals surface area contributed by atoms with E-state index in [1.807, 2.05) is 6.07 Å². The highest BCUT2D eigenvalue weighted by atomic mass is 79.9. The third-order valence-electron chi connectivity index (χ3n) is 2.87. The molecule has 2 rings (SSSR count). The minimum atomic E-state index is 0.410. The fraction of sp³-hybridized carbons (Fsp3) is 0.500. The molecule has 1 aromatic carbocycles. The Bertz CT molecular complexity index is 344. The van der Waals surface area contributed by atoms with E-state index in [2.05, 4.69) is 39.0 Å². The lowest BCUT2D eigenvalue weighted by Crippen LogP contribution is -2.46. The molecule has 88 valence electrons. The minimum absolute atomic E-state index is 0.410. The molecule has 0 radical (unpaired) electrons. The quantitative estimate of drug-likeness (QED) is 0.923. The topological polar surface area (TPSA) is 38.5 Å². The molecular formula is C12H17BrN2O. The van der Waals surface area contributed by atoms with Gasteiger partial charge in [0.1, 0.15) is 0 Å². The first-order chi connectivity index (χ1) is 7.81. The van der Waals surface area contributed by atoms with E-state index in [0.29, 0.717) is 12.6 Å². The van der Waals surface area contributed by atoms with Gasteiger partial charge in [-0.25, -0.2) is 0 Å². The molecule has 1 atom stereocenters. The molecule has 0 spiro atoms. The van der Waals surface area contributed by atoms with Crippen molar-refractivity contribution in [2.45, 2.75) is 12.5 Å². The SMILES string of the molecule is NCCC1COCCN1c1cccc(Br)c1. The number of morpholine rings is 1. The molecule has 0 aromatic heterocycles. The molecule has 1 aliphatic rings. The highest BCUT2D eigenvalue weighted by Crippen LogP contribution is 2.24. The largest absolute Gasteiger partial charge is 0.377 e. The second kappa shape index (κ2) is 5.66. The highest BCUT2D eigenvalue weighted by molar-refractivity contribution is 9.10. The first-order valence-electron chi connectivity index (χ1n) is 5.61. The predicted molar refractivity (Wildman–Crippen MR) is 69.8 cm³/mol. The van der Waals surface area contributed by atoms with Crippen molar-refractivity contribution < 1.29 is 4.74 Å². The van der Waals surface area contributed by atoms with Crippen molar-refractivity contribution in [2.24, 2.45) is 5.73 Å². The van der Waals surface area contributed by atoms with Crippen LogP contribution in [0, 0.1) is 0 Å². The molecule has 1 aromatic rings. The number of rotatable bonds is 3. The number of hydrogen-bond donors (Lipinski definition) is 1. The number of nitrogens with two attached hydrogens (primary N) is 1. The lowest BCUT2D eigenvalue weighted by molar-refractivity contribution is 0.0922. The van der Waals surface area contributed by atoms with Crippen LogP contribution in [0.4, 0.5) is 5.69 Å². The van der Waals surface area contributed by atoms with Crippen LogP contribution in [0.3, 0.4) is 0 Å². The van der Waals surface area contributed by atoms with Crippen LogP contribution in [0.5, 0.6) is 0 Å². The summed E-state index contributed by atoms with van der Waals surface area (Å²) in [5, 5.41) is 0. The van der Waals surface area contributed by atoms with Gasteiger partial charge < -0.3 is 15.4 Å². The van der Waals surface area contributed by atoms with Crippen molar-refractivity contribution in [1.82, 2.24) is 0 Å². The molecule has 0 saturated carbocycles. The maximum atomic E-state index is 5.64. The van der Waals surface area contributed by atoms with E-state index in [9.17, 15) is 0 Å². The zero-order valence-corrected chi connectivity index (χ0v) is 10.8. The standard InChI is InChI=1S/C12H17BrN2O/c13-10-2-1-3-11(8-10)15-6-7-16-9-12(15)4-5-14/h1-3,8,12H,4-7,9,14H2. The molecule has 1 heterocycles. The molecule has 3 nitrogen and oxygen atoms in total. The van der Waals surface area contributed by atoms with Crippen molar-refractivity contribution in [3.63, 3.8) is 0 Å². The van der Waals surface area contributed by atoms with Crippen LogP contribution in [0.15, 0.2) is 28.7 Å². The number of anilines is 1. The maximum absolute atomic E-state index is 5.64. The molecule has 0 bridgehead atoms. The van der Waals surface area contributed by atoms with E-state index in [1.165, 1.54) is 5.69 Å². The first kappa shape index (κ1) is 11.9. The molecule has 1 fully saturated rings. The fourth-order valence-corrected chi connectivity index (χ4v) is 2.47. The van der Waals surface area contributed by atoms with Gasteiger partial charge in [-0.2, -0.15) is 0 Å². The molecule has 1 saturated heterocycles. The highest BCUT2D eigenvalue weighted by Gasteiger charge is 2.22.